The topological polar surface area (TPSA) is 30.8 Å². The molecule has 1 aliphatic rings. The normalized spacial score (nSPS) is 19.9. The summed E-state index contributed by atoms with van der Waals surface area (Å²) in [5.41, 5.74) is 0.745. The number of hydrogen-bond donors (Lipinski definition) is 0. The van der Waals surface area contributed by atoms with Gasteiger partial charge in [0.05, 0.1) is 18.9 Å². The molecule has 0 aromatic heterocycles. The summed E-state index contributed by atoms with van der Waals surface area (Å²) in [7, 11) is 0. The Morgan fingerprint density at radius 3 is 2.58 bits per heavy atom. The van der Waals surface area contributed by atoms with E-state index in [4.69, 9.17) is 21.2 Å². The van der Waals surface area contributed by atoms with E-state index in [1.807, 2.05) is 25.1 Å². The van der Waals surface area contributed by atoms with Crippen molar-refractivity contribution in [1.29, 1.82) is 0 Å². The minimum Gasteiger partial charge on any atom is -0.386 e. The average Bonchev–Trinajstić information content (AvgIpc) is 2.93. The second kappa shape index (κ2) is 6.87. The van der Waals surface area contributed by atoms with E-state index in [1.165, 1.54) is 18.2 Å². The van der Waals surface area contributed by atoms with Gasteiger partial charge < -0.3 is 9.57 Å². The minimum absolute atomic E-state index is 0.0913. The molecular formula is C18H16ClF2NO2. The Balaban J connectivity index is 1.60. The SMILES string of the molecule is CC1(COCc2c(F)cccc2F)CC(c2ccccc2Cl)=NO1. The van der Waals surface area contributed by atoms with Crippen LogP contribution in [0.3, 0.4) is 0 Å². The van der Waals surface area contributed by atoms with Gasteiger partial charge in [0.15, 0.2) is 5.60 Å². The van der Waals surface area contributed by atoms with Gasteiger partial charge in [-0.1, -0.05) is 41.0 Å². The predicted molar refractivity (Wildman–Crippen MR) is 88.1 cm³/mol. The summed E-state index contributed by atoms with van der Waals surface area (Å²) >= 11 is 6.17. The van der Waals surface area contributed by atoms with Crippen molar-refractivity contribution in [1.82, 2.24) is 0 Å². The Kier molecular flexibility index (Phi) is 4.83. The quantitative estimate of drug-likeness (QED) is 0.780. The van der Waals surface area contributed by atoms with Crippen molar-refractivity contribution in [2.75, 3.05) is 6.61 Å². The average molecular weight is 352 g/mol. The molecule has 126 valence electrons. The fourth-order valence-electron chi connectivity index (χ4n) is 2.54. The third-order valence-electron chi connectivity index (χ3n) is 3.82. The highest BCUT2D eigenvalue weighted by Gasteiger charge is 2.35. The van der Waals surface area contributed by atoms with Gasteiger partial charge in [-0.25, -0.2) is 8.78 Å². The van der Waals surface area contributed by atoms with E-state index in [9.17, 15) is 8.78 Å². The summed E-state index contributed by atoms with van der Waals surface area (Å²) in [6, 6.07) is 11.1. The van der Waals surface area contributed by atoms with Crippen LogP contribution in [0.5, 0.6) is 0 Å². The zero-order valence-corrected chi connectivity index (χ0v) is 13.8. The molecule has 0 saturated heterocycles. The number of hydrogen-bond acceptors (Lipinski definition) is 3. The van der Waals surface area contributed by atoms with Crippen LogP contribution >= 0.6 is 11.6 Å². The summed E-state index contributed by atoms with van der Waals surface area (Å²) in [6.45, 7) is 1.81. The summed E-state index contributed by atoms with van der Waals surface area (Å²) in [5, 5.41) is 4.68. The predicted octanol–water partition coefficient (Wildman–Crippen LogP) is 4.72. The van der Waals surface area contributed by atoms with Crippen molar-refractivity contribution in [2.24, 2.45) is 5.16 Å². The summed E-state index contributed by atoms with van der Waals surface area (Å²) < 4.78 is 32.6. The van der Waals surface area contributed by atoms with Gasteiger partial charge in [0.25, 0.3) is 0 Å². The van der Waals surface area contributed by atoms with E-state index in [-0.39, 0.29) is 18.8 Å². The summed E-state index contributed by atoms with van der Waals surface area (Å²) in [6.07, 6.45) is 0.497. The highest BCUT2D eigenvalue weighted by molar-refractivity contribution is 6.34. The first-order chi connectivity index (χ1) is 11.5. The molecule has 1 aliphatic heterocycles. The highest BCUT2D eigenvalue weighted by Crippen LogP contribution is 2.30. The smallest absolute Gasteiger partial charge is 0.163 e. The molecule has 6 heteroatoms. The molecule has 24 heavy (non-hydrogen) atoms. The molecular weight excluding hydrogens is 336 g/mol. The summed E-state index contributed by atoms with van der Waals surface area (Å²) in [4.78, 5) is 5.48. The molecule has 1 heterocycles. The van der Waals surface area contributed by atoms with E-state index in [0.717, 1.165) is 11.3 Å². The van der Waals surface area contributed by atoms with Crippen LogP contribution in [-0.2, 0) is 16.2 Å². The Bertz CT molecular complexity index is 761. The molecule has 0 spiro atoms. The van der Waals surface area contributed by atoms with Gasteiger partial charge in [-0.3, -0.25) is 0 Å². The van der Waals surface area contributed by atoms with Crippen LogP contribution < -0.4 is 0 Å². The number of benzene rings is 2. The van der Waals surface area contributed by atoms with Gasteiger partial charge in [-0.05, 0) is 25.1 Å². The van der Waals surface area contributed by atoms with E-state index in [2.05, 4.69) is 5.16 Å². The Hall–Kier alpha value is -1.98. The first-order valence-electron chi connectivity index (χ1n) is 7.49. The molecule has 2 aromatic carbocycles. The maximum atomic E-state index is 13.6. The lowest BCUT2D eigenvalue weighted by molar-refractivity contribution is -0.0716. The third-order valence-corrected chi connectivity index (χ3v) is 4.15. The number of halogens is 3. The number of nitrogens with zero attached hydrogens (tertiary/aromatic N) is 1. The second-order valence-corrected chi connectivity index (χ2v) is 6.34. The number of ether oxygens (including phenoxy) is 1. The number of rotatable bonds is 5. The first-order valence-corrected chi connectivity index (χ1v) is 7.87. The van der Waals surface area contributed by atoms with Crippen molar-refractivity contribution in [3.8, 4) is 0 Å². The molecule has 3 nitrogen and oxygen atoms in total. The molecule has 0 radical (unpaired) electrons. The highest BCUT2D eigenvalue weighted by atomic mass is 35.5. The van der Waals surface area contributed by atoms with Crippen molar-refractivity contribution in [2.45, 2.75) is 25.6 Å². The zero-order valence-electron chi connectivity index (χ0n) is 13.1. The lowest BCUT2D eigenvalue weighted by atomic mass is 9.97. The lowest BCUT2D eigenvalue weighted by Gasteiger charge is -2.21. The van der Waals surface area contributed by atoms with Crippen LogP contribution in [0.1, 0.15) is 24.5 Å². The van der Waals surface area contributed by atoms with Crippen molar-refractivity contribution in [3.63, 3.8) is 0 Å². The number of oxime groups is 1. The standard InChI is InChI=1S/C18H16ClF2NO2/c1-18(11-23-10-13-15(20)7-4-8-16(13)21)9-17(22-24-18)12-5-2-3-6-14(12)19/h2-8H,9-11H2,1H3. The minimum atomic E-state index is -0.698. The Labute approximate surface area is 143 Å². The molecule has 2 aromatic rings. The molecule has 1 atom stereocenters. The van der Waals surface area contributed by atoms with Crippen molar-refractivity contribution in [3.05, 3.63) is 70.2 Å². The van der Waals surface area contributed by atoms with E-state index in [0.29, 0.717) is 11.4 Å². The van der Waals surface area contributed by atoms with Gasteiger partial charge in [0.2, 0.25) is 0 Å². The van der Waals surface area contributed by atoms with Gasteiger partial charge >= 0.3 is 0 Å². The fraction of sp³-hybridized carbons (Fsp3) is 0.278. The van der Waals surface area contributed by atoms with Gasteiger partial charge in [-0.2, -0.15) is 0 Å². The molecule has 1 unspecified atom stereocenters. The molecule has 0 aliphatic carbocycles. The van der Waals surface area contributed by atoms with Crippen LogP contribution in [0.4, 0.5) is 8.78 Å². The molecule has 0 fully saturated rings. The first kappa shape index (κ1) is 16.9. The van der Waals surface area contributed by atoms with Crippen molar-refractivity contribution >= 4 is 17.3 Å². The van der Waals surface area contributed by atoms with Crippen LogP contribution in [-0.4, -0.2) is 17.9 Å². The van der Waals surface area contributed by atoms with E-state index < -0.39 is 17.2 Å². The van der Waals surface area contributed by atoms with Gasteiger partial charge in [0, 0.05) is 22.6 Å². The van der Waals surface area contributed by atoms with Crippen LogP contribution in [0, 0.1) is 11.6 Å². The second-order valence-electron chi connectivity index (χ2n) is 5.93. The molecule has 0 N–H and O–H groups in total. The van der Waals surface area contributed by atoms with Crippen LogP contribution in [0.15, 0.2) is 47.6 Å². The largest absolute Gasteiger partial charge is 0.386 e. The van der Waals surface area contributed by atoms with Crippen molar-refractivity contribution < 1.29 is 18.4 Å². The molecule has 0 saturated carbocycles. The fourth-order valence-corrected chi connectivity index (χ4v) is 2.79. The van der Waals surface area contributed by atoms with E-state index in [1.54, 1.807) is 6.07 Å². The lowest BCUT2D eigenvalue weighted by Crippen LogP contribution is -2.31. The zero-order chi connectivity index (χ0) is 17.2. The van der Waals surface area contributed by atoms with E-state index >= 15 is 0 Å². The van der Waals surface area contributed by atoms with Crippen LogP contribution in [0.2, 0.25) is 5.02 Å². The monoisotopic (exact) mass is 351 g/mol. The van der Waals surface area contributed by atoms with Gasteiger partial charge in [-0.15, -0.1) is 0 Å². The molecule has 3 rings (SSSR count). The maximum absolute atomic E-state index is 13.6. The maximum Gasteiger partial charge on any atom is 0.163 e. The molecule has 0 amide bonds. The third kappa shape index (κ3) is 3.57. The summed E-state index contributed by atoms with van der Waals surface area (Å²) in [5.74, 6) is -1.25. The Morgan fingerprint density at radius 2 is 1.88 bits per heavy atom. The molecule has 0 bridgehead atoms. The van der Waals surface area contributed by atoms with Crippen LogP contribution in [0.25, 0.3) is 0 Å². The Morgan fingerprint density at radius 1 is 1.17 bits per heavy atom. The van der Waals surface area contributed by atoms with Gasteiger partial charge in [0.1, 0.15) is 11.6 Å².